The van der Waals surface area contributed by atoms with E-state index in [9.17, 15) is 0 Å². The van der Waals surface area contributed by atoms with Crippen molar-refractivity contribution >= 4 is 0 Å². The van der Waals surface area contributed by atoms with Crippen molar-refractivity contribution in [3.63, 3.8) is 0 Å². The molecule has 1 heterocycles. The van der Waals surface area contributed by atoms with E-state index in [1.807, 2.05) is 17.9 Å². The highest BCUT2D eigenvalue weighted by atomic mass is 15.4. The van der Waals surface area contributed by atoms with Gasteiger partial charge in [-0.05, 0) is 18.3 Å². The number of nitrogens with zero attached hydrogens (tertiary/aromatic N) is 3. The lowest BCUT2D eigenvalue weighted by Gasteiger charge is -2.33. The average Bonchev–Trinajstić information content (AvgIpc) is 2.65. The first-order chi connectivity index (χ1) is 7.70. The fourth-order valence-electron chi connectivity index (χ4n) is 2.55. The third-order valence-corrected chi connectivity index (χ3v) is 3.73. The monoisotopic (exact) mass is 222 g/mol. The van der Waals surface area contributed by atoms with E-state index in [4.69, 9.17) is 0 Å². The molecule has 0 amide bonds. The third kappa shape index (κ3) is 2.82. The highest BCUT2D eigenvalue weighted by Gasteiger charge is 2.26. The standard InChI is InChI=1S/C12H22N4/c1-12(6-4-3-5-7-12)10-13-8-11-9-14-15-16(11)2/h9,13H,3-8,10H2,1-2H3. The van der Waals surface area contributed by atoms with Gasteiger partial charge in [-0.1, -0.05) is 31.4 Å². The predicted octanol–water partition coefficient (Wildman–Crippen LogP) is 1.88. The summed E-state index contributed by atoms with van der Waals surface area (Å²) in [5.74, 6) is 0. The lowest BCUT2D eigenvalue weighted by atomic mass is 9.76. The minimum atomic E-state index is 0.504. The van der Waals surface area contributed by atoms with Crippen molar-refractivity contribution in [1.29, 1.82) is 0 Å². The topological polar surface area (TPSA) is 42.7 Å². The minimum absolute atomic E-state index is 0.504. The molecular weight excluding hydrogens is 200 g/mol. The Morgan fingerprint density at radius 1 is 1.38 bits per heavy atom. The molecule has 90 valence electrons. The van der Waals surface area contributed by atoms with Crippen molar-refractivity contribution in [2.45, 2.75) is 45.6 Å². The van der Waals surface area contributed by atoms with E-state index in [2.05, 4.69) is 22.6 Å². The van der Waals surface area contributed by atoms with E-state index in [0.29, 0.717) is 5.41 Å². The maximum atomic E-state index is 3.93. The zero-order chi connectivity index (χ0) is 11.4. The molecule has 0 bridgehead atoms. The number of aryl methyl sites for hydroxylation is 1. The molecule has 1 aromatic heterocycles. The Morgan fingerprint density at radius 2 is 2.12 bits per heavy atom. The Morgan fingerprint density at radius 3 is 2.75 bits per heavy atom. The van der Waals surface area contributed by atoms with Crippen LogP contribution < -0.4 is 5.32 Å². The van der Waals surface area contributed by atoms with Crippen LogP contribution in [0, 0.1) is 5.41 Å². The number of rotatable bonds is 4. The Bertz CT molecular complexity index is 326. The van der Waals surface area contributed by atoms with Gasteiger partial charge in [0.15, 0.2) is 0 Å². The van der Waals surface area contributed by atoms with Gasteiger partial charge in [0, 0.05) is 20.1 Å². The van der Waals surface area contributed by atoms with Crippen molar-refractivity contribution in [1.82, 2.24) is 20.3 Å². The van der Waals surface area contributed by atoms with Crippen molar-refractivity contribution in [3.05, 3.63) is 11.9 Å². The second-order valence-electron chi connectivity index (χ2n) is 5.32. The molecule has 0 spiro atoms. The van der Waals surface area contributed by atoms with Gasteiger partial charge in [-0.3, -0.25) is 4.68 Å². The summed E-state index contributed by atoms with van der Waals surface area (Å²) in [7, 11) is 1.94. The maximum absolute atomic E-state index is 3.93. The second-order valence-corrected chi connectivity index (χ2v) is 5.32. The zero-order valence-corrected chi connectivity index (χ0v) is 10.4. The molecule has 1 saturated carbocycles. The number of hydrogen-bond donors (Lipinski definition) is 1. The van der Waals surface area contributed by atoms with Gasteiger partial charge in [0.1, 0.15) is 0 Å². The highest BCUT2D eigenvalue weighted by molar-refractivity contribution is 4.93. The normalized spacial score (nSPS) is 19.9. The van der Waals surface area contributed by atoms with Gasteiger partial charge in [0.2, 0.25) is 0 Å². The Kier molecular flexibility index (Phi) is 3.59. The van der Waals surface area contributed by atoms with E-state index in [-0.39, 0.29) is 0 Å². The predicted molar refractivity (Wildman–Crippen MR) is 63.9 cm³/mol. The summed E-state index contributed by atoms with van der Waals surface area (Å²) in [6.07, 6.45) is 8.77. The van der Waals surface area contributed by atoms with Crippen LogP contribution in [0.15, 0.2) is 6.20 Å². The van der Waals surface area contributed by atoms with Crippen molar-refractivity contribution in [3.8, 4) is 0 Å². The molecule has 1 aromatic rings. The maximum Gasteiger partial charge on any atom is 0.0738 e. The van der Waals surface area contributed by atoms with E-state index < -0.39 is 0 Å². The average molecular weight is 222 g/mol. The first-order valence-corrected chi connectivity index (χ1v) is 6.24. The van der Waals surface area contributed by atoms with Crippen LogP contribution in [0.1, 0.15) is 44.7 Å². The molecule has 1 fully saturated rings. The molecular formula is C12H22N4. The first kappa shape index (κ1) is 11.6. The molecule has 1 aliphatic rings. The van der Waals surface area contributed by atoms with Crippen molar-refractivity contribution in [2.24, 2.45) is 12.5 Å². The van der Waals surface area contributed by atoms with Crippen molar-refractivity contribution < 1.29 is 0 Å². The van der Waals surface area contributed by atoms with Crippen LogP contribution in [-0.2, 0) is 13.6 Å². The highest BCUT2D eigenvalue weighted by Crippen LogP contribution is 2.34. The van der Waals surface area contributed by atoms with Crippen LogP contribution in [-0.4, -0.2) is 21.5 Å². The lowest BCUT2D eigenvalue weighted by Crippen LogP contribution is -2.33. The smallest absolute Gasteiger partial charge is 0.0738 e. The molecule has 0 aliphatic heterocycles. The SMILES string of the molecule is Cn1nncc1CNCC1(C)CCCCC1. The van der Waals surface area contributed by atoms with Gasteiger partial charge in [0.05, 0.1) is 11.9 Å². The van der Waals surface area contributed by atoms with Crippen LogP contribution >= 0.6 is 0 Å². The minimum Gasteiger partial charge on any atom is -0.311 e. The van der Waals surface area contributed by atoms with Crippen LogP contribution in [0.3, 0.4) is 0 Å². The molecule has 2 rings (SSSR count). The Labute approximate surface area is 97.4 Å². The number of hydrogen-bond acceptors (Lipinski definition) is 3. The quantitative estimate of drug-likeness (QED) is 0.845. The fourth-order valence-corrected chi connectivity index (χ4v) is 2.55. The third-order valence-electron chi connectivity index (χ3n) is 3.73. The van der Waals surface area contributed by atoms with Gasteiger partial charge < -0.3 is 5.32 Å². The molecule has 0 unspecified atom stereocenters. The summed E-state index contributed by atoms with van der Waals surface area (Å²) >= 11 is 0. The summed E-state index contributed by atoms with van der Waals surface area (Å²) in [5.41, 5.74) is 1.66. The van der Waals surface area contributed by atoms with E-state index >= 15 is 0 Å². The molecule has 4 heteroatoms. The lowest BCUT2D eigenvalue weighted by molar-refractivity contribution is 0.207. The van der Waals surface area contributed by atoms with Gasteiger partial charge in [-0.25, -0.2) is 0 Å². The Hall–Kier alpha value is -0.900. The van der Waals surface area contributed by atoms with Gasteiger partial charge >= 0.3 is 0 Å². The van der Waals surface area contributed by atoms with E-state index in [1.165, 1.54) is 32.1 Å². The molecule has 4 nitrogen and oxygen atoms in total. The summed E-state index contributed by atoms with van der Waals surface area (Å²) in [6, 6.07) is 0. The molecule has 0 radical (unpaired) electrons. The fraction of sp³-hybridized carbons (Fsp3) is 0.833. The van der Waals surface area contributed by atoms with E-state index in [0.717, 1.165) is 18.8 Å². The van der Waals surface area contributed by atoms with Crippen LogP contribution in [0.2, 0.25) is 0 Å². The summed E-state index contributed by atoms with van der Waals surface area (Å²) in [6.45, 7) is 4.39. The van der Waals surface area contributed by atoms with Crippen molar-refractivity contribution in [2.75, 3.05) is 6.54 Å². The van der Waals surface area contributed by atoms with Gasteiger partial charge in [-0.2, -0.15) is 0 Å². The summed E-state index contributed by atoms with van der Waals surface area (Å²) < 4.78 is 1.83. The summed E-state index contributed by atoms with van der Waals surface area (Å²) in [4.78, 5) is 0. The molecule has 0 saturated heterocycles. The first-order valence-electron chi connectivity index (χ1n) is 6.24. The second kappa shape index (κ2) is 4.95. The Balaban J connectivity index is 1.77. The van der Waals surface area contributed by atoms with E-state index in [1.54, 1.807) is 0 Å². The molecule has 1 N–H and O–H groups in total. The zero-order valence-electron chi connectivity index (χ0n) is 10.4. The number of nitrogens with one attached hydrogen (secondary N) is 1. The molecule has 0 aromatic carbocycles. The molecule has 0 atom stereocenters. The summed E-state index contributed by atoms with van der Waals surface area (Å²) in [5, 5.41) is 11.3. The van der Waals surface area contributed by atoms with Crippen LogP contribution in [0.25, 0.3) is 0 Å². The van der Waals surface area contributed by atoms with Crippen LogP contribution in [0.4, 0.5) is 0 Å². The largest absolute Gasteiger partial charge is 0.311 e. The molecule has 1 aliphatic carbocycles. The van der Waals surface area contributed by atoms with Gasteiger partial charge in [0.25, 0.3) is 0 Å². The number of aromatic nitrogens is 3. The van der Waals surface area contributed by atoms with Gasteiger partial charge in [-0.15, -0.1) is 5.10 Å². The van der Waals surface area contributed by atoms with Crippen LogP contribution in [0.5, 0.6) is 0 Å². The molecule has 16 heavy (non-hydrogen) atoms.